The van der Waals surface area contributed by atoms with Crippen LogP contribution in [0, 0.1) is 13.8 Å². The first-order chi connectivity index (χ1) is 12.9. The van der Waals surface area contributed by atoms with Crippen molar-refractivity contribution in [3.8, 4) is 5.75 Å². The second-order valence-corrected chi connectivity index (χ2v) is 7.66. The zero-order valence-corrected chi connectivity index (χ0v) is 16.2. The molecule has 3 rings (SSSR count). The Morgan fingerprint density at radius 3 is 2.15 bits per heavy atom. The lowest BCUT2D eigenvalue weighted by atomic mass is 10.0. The van der Waals surface area contributed by atoms with Gasteiger partial charge in [-0.05, 0) is 62.8 Å². The number of likely N-dealkylation sites (tertiary alicyclic amines) is 1. The third-order valence-corrected chi connectivity index (χ3v) is 5.46. The SMILES string of the molecule is Cc1cc(C(=O)N2CCC(OC3CCCC3)CC2)cc(C)c1OCC(=O)O. The third kappa shape index (κ3) is 5.01. The van der Waals surface area contributed by atoms with Crippen molar-refractivity contribution < 1.29 is 24.2 Å². The summed E-state index contributed by atoms with van der Waals surface area (Å²) >= 11 is 0. The molecule has 0 atom stereocenters. The first-order valence-electron chi connectivity index (χ1n) is 9.84. The number of aryl methyl sites for hydroxylation is 2. The van der Waals surface area contributed by atoms with Gasteiger partial charge in [0.15, 0.2) is 6.61 Å². The molecule has 6 heteroatoms. The summed E-state index contributed by atoms with van der Waals surface area (Å²) in [4.78, 5) is 25.5. The normalized spacial score (nSPS) is 18.7. The summed E-state index contributed by atoms with van der Waals surface area (Å²) < 4.78 is 11.5. The summed E-state index contributed by atoms with van der Waals surface area (Å²) in [5.74, 6) is -0.459. The second-order valence-electron chi connectivity index (χ2n) is 7.66. The van der Waals surface area contributed by atoms with Gasteiger partial charge in [0.1, 0.15) is 5.75 Å². The minimum Gasteiger partial charge on any atom is -0.481 e. The number of carbonyl (C=O) groups is 2. The summed E-state index contributed by atoms with van der Waals surface area (Å²) in [6.07, 6.45) is 7.36. The van der Waals surface area contributed by atoms with Crippen molar-refractivity contribution >= 4 is 11.9 Å². The van der Waals surface area contributed by atoms with Gasteiger partial charge in [-0.3, -0.25) is 4.79 Å². The van der Waals surface area contributed by atoms with Gasteiger partial charge in [-0.15, -0.1) is 0 Å². The summed E-state index contributed by atoms with van der Waals surface area (Å²) in [6.45, 7) is 4.71. The van der Waals surface area contributed by atoms with Gasteiger partial charge in [0.25, 0.3) is 5.91 Å². The third-order valence-electron chi connectivity index (χ3n) is 5.46. The summed E-state index contributed by atoms with van der Waals surface area (Å²) in [5.41, 5.74) is 2.18. The Labute approximate surface area is 160 Å². The molecule has 2 aliphatic rings. The summed E-state index contributed by atoms with van der Waals surface area (Å²) in [6, 6.07) is 3.57. The monoisotopic (exact) mass is 375 g/mol. The van der Waals surface area contributed by atoms with Gasteiger partial charge in [0.2, 0.25) is 0 Å². The molecule has 0 bridgehead atoms. The Bertz CT molecular complexity index is 665. The molecular weight excluding hydrogens is 346 g/mol. The number of rotatable bonds is 6. The van der Waals surface area contributed by atoms with Crippen LogP contribution in [0.15, 0.2) is 12.1 Å². The van der Waals surface area contributed by atoms with Crippen LogP contribution in [0.2, 0.25) is 0 Å². The highest BCUT2D eigenvalue weighted by Gasteiger charge is 2.27. The number of carboxylic acid groups (broad SMARTS) is 1. The topological polar surface area (TPSA) is 76.1 Å². The number of amides is 1. The molecule has 0 spiro atoms. The fourth-order valence-electron chi connectivity index (χ4n) is 4.11. The quantitative estimate of drug-likeness (QED) is 0.825. The minimum atomic E-state index is -1.02. The highest BCUT2D eigenvalue weighted by Crippen LogP contribution is 2.28. The van der Waals surface area contributed by atoms with Crippen molar-refractivity contribution in [2.24, 2.45) is 0 Å². The van der Waals surface area contributed by atoms with E-state index in [1.807, 2.05) is 18.7 Å². The summed E-state index contributed by atoms with van der Waals surface area (Å²) in [5, 5.41) is 8.78. The van der Waals surface area contributed by atoms with Gasteiger partial charge >= 0.3 is 5.97 Å². The molecule has 2 fully saturated rings. The molecule has 6 nitrogen and oxygen atoms in total. The lowest BCUT2D eigenvalue weighted by Crippen LogP contribution is -2.41. The Morgan fingerprint density at radius 1 is 1.04 bits per heavy atom. The van der Waals surface area contributed by atoms with E-state index in [2.05, 4.69) is 0 Å². The molecular formula is C21H29NO5. The van der Waals surface area contributed by atoms with Crippen LogP contribution in [0.25, 0.3) is 0 Å². The lowest BCUT2D eigenvalue weighted by Gasteiger charge is -2.33. The minimum absolute atomic E-state index is 0.0188. The van der Waals surface area contributed by atoms with Crippen molar-refractivity contribution in [2.75, 3.05) is 19.7 Å². The van der Waals surface area contributed by atoms with Crippen LogP contribution in [-0.4, -0.2) is 53.8 Å². The molecule has 1 aromatic carbocycles. The maximum absolute atomic E-state index is 12.9. The van der Waals surface area contributed by atoms with Crippen LogP contribution >= 0.6 is 0 Å². The number of hydrogen-bond donors (Lipinski definition) is 1. The van der Waals surface area contributed by atoms with Crippen molar-refractivity contribution in [1.82, 2.24) is 4.90 Å². The van der Waals surface area contributed by atoms with Gasteiger partial charge in [-0.2, -0.15) is 0 Å². The maximum Gasteiger partial charge on any atom is 0.341 e. The van der Waals surface area contributed by atoms with Crippen LogP contribution in [0.5, 0.6) is 5.75 Å². The number of aliphatic carboxylic acids is 1. The van der Waals surface area contributed by atoms with E-state index < -0.39 is 5.97 Å². The Morgan fingerprint density at radius 2 is 1.59 bits per heavy atom. The first kappa shape index (κ1) is 19.7. The molecule has 1 saturated heterocycles. The summed E-state index contributed by atoms with van der Waals surface area (Å²) in [7, 11) is 0. The molecule has 1 aliphatic heterocycles. The molecule has 1 aromatic rings. The van der Waals surface area contributed by atoms with Crippen molar-refractivity contribution in [3.63, 3.8) is 0 Å². The van der Waals surface area contributed by atoms with E-state index in [4.69, 9.17) is 14.6 Å². The average Bonchev–Trinajstić information content (AvgIpc) is 3.13. The highest BCUT2D eigenvalue weighted by molar-refractivity contribution is 5.95. The standard InChI is InChI=1S/C21H29NO5/c1-14-11-16(12-15(2)20(14)26-13-19(23)24)21(25)22-9-7-18(8-10-22)27-17-5-3-4-6-17/h11-12,17-18H,3-10,13H2,1-2H3,(H,23,24). The fourth-order valence-corrected chi connectivity index (χ4v) is 4.11. The maximum atomic E-state index is 12.9. The molecule has 0 unspecified atom stereocenters. The number of piperidine rings is 1. The number of benzene rings is 1. The highest BCUT2D eigenvalue weighted by atomic mass is 16.5. The number of hydrogen-bond acceptors (Lipinski definition) is 4. The second kappa shape index (κ2) is 8.74. The predicted octanol–water partition coefficient (Wildman–Crippen LogP) is 3.33. The number of carbonyl (C=O) groups excluding carboxylic acids is 1. The lowest BCUT2D eigenvalue weighted by molar-refractivity contribution is -0.139. The van der Waals surface area contributed by atoms with E-state index in [0.717, 1.165) is 24.0 Å². The van der Waals surface area contributed by atoms with Crippen LogP contribution in [0.3, 0.4) is 0 Å². The number of ether oxygens (including phenoxy) is 2. The van der Waals surface area contributed by atoms with Crippen molar-refractivity contribution in [1.29, 1.82) is 0 Å². The molecule has 1 aliphatic carbocycles. The number of carboxylic acids is 1. The van der Waals surface area contributed by atoms with Crippen molar-refractivity contribution in [3.05, 3.63) is 28.8 Å². The molecule has 0 radical (unpaired) electrons. The van der Waals surface area contributed by atoms with E-state index >= 15 is 0 Å². The van der Waals surface area contributed by atoms with Crippen LogP contribution in [0.4, 0.5) is 0 Å². The zero-order chi connectivity index (χ0) is 19.4. The van der Waals surface area contributed by atoms with Crippen LogP contribution in [-0.2, 0) is 9.53 Å². The van der Waals surface area contributed by atoms with Gasteiger partial charge in [0.05, 0.1) is 12.2 Å². The van der Waals surface area contributed by atoms with E-state index in [1.165, 1.54) is 25.7 Å². The first-order valence-corrected chi connectivity index (χ1v) is 9.84. The smallest absolute Gasteiger partial charge is 0.341 e. The van der Waals surface area contributed by atoms with Gasteiger partial charge in [0, 0.05) is 18.7 Å². The van der Waals surface area contributed by atoms with Crippen molar-refractivity contribution in [2.45, 2.75) is 64.6 Å². The molecule has 27 heavy (non-hydrogen) atoms. The molecule has 1 heterocycles. The molecule has 0 aromatic heterocycles. The molecule has 1 saturated carbocycles. The van der Waals surface area contributed by atoms with Gasteiger partial charge in [-0.25, -0.2) is 4.79 Å². The van der Waals surface area contributed by atoms with Crippen LogP contribution in [0.1, 0.15) is 60.0 Å². The predicted molar refractivity (Wildman–Crippen MR) is 101 cm³/mol. The molecule has 1 N–H and O–H groups in total. The van der Waals surface area contributed by atoms with E-state index in [1.54, 1.807) is 12.1 Å². The average molecular weight is 375 g/mol. The Balaban J connectivity index is 1.58. The molecule has 148 valence electrons. The van der Waals surface area contributed by atoms with Gasteiger partial charge in [-0.1, -0.05) is 12.8 Å². The van der Waals surface area contributed by atoms with Gasteiger partial charge < -0.3 is 19.5 Å². The van der Waals surface area contributed by atoms with E-state index in [0.29, 0.717) is 30.5 Å². The Kier molecular flexibility index (Phi) is 6.37. The largest absolute Gasteiger partial charge is 0.481 e. The van der Waals surface area contributed by atoms with E-state index in [9.17, 15) is 9.59 Å². The zero-order valence-electron chi connectivity index (χ0n) is 16.2. The molecule has 1 amide bonds. The Hall–Kier alpha value is -2.08. The van der Waals surface area contributed by atoms with E-state index in [-0.39, 0.29) is 18.6 Å². The number of nitrogens with zero attached hydrogens (tertiary/aromatic N) is 1. The fraction of sp³-hybridized carbons (Fsp3) is 0.619. The van der Waals surface area contributed by atoms with Crippen LogP contribution < -0.4 is 4.74 Å².